The fourth-order valence-electron chi connectivity index (χ4n) is 2.39. The maximum Gasteiger partial charge on any atom is 0.408 e. The Kier molecular flexibility index (Phi) is 6.13. The molecule has 1 aliphatic heterocycles. The summed E-state index contributed by atoms with van der Waals surface area (Å²) < 4.78 is 74.9. The Morgan fingerprint density at radius 1 is 1.00 bits per heavy atom. The number of carboxylic acids is 2. The molecule has 168 valence electrons. The molecule has 16 heteroatoms. The van der Waals surface area contributed by atoms with Crippen LogP contribution in [0.3, 0.4) is 0 Å². The van der Waals surface area contributed by atoms with Crippen molar-refractivity contribution in [2.45, 2.75) is 18.9 Å². The molecular weight excluding hydrogens is 446 g/mol. The van der Waals surface area contributed by atoms with Crippen LogP contribution in [-0.2, 0) is 16.1 Å². The number of rotatable bonds is 6. The molecule has 0 fully saturated rings. The van der Waals surface area contributed by atoms with Gasteiger partial charge in [-0.2, -0.15) is 31.4 Å². The van der Waals surface area contributed by atoms with E-state index in [1.165, 1.54) is 0 Å². The molecule has 3 N–H and O–H groups in total. The molecule has 0 spiro atoms. The molecule has 1 aromatic heterocycles. The van der Waals surface area contributed by atoms with Crippen molar-refractivity contribution in [3.63, 3.8) is 0 Å². The highest BCUT2D eigenvalue weighted by Crippen LogP contribution is 2.23. The van der Waals surface area contributed by atoms with Gasteiger partial charge in [-0.05, 0) is 12.2 Å². The first kappa shape index (κ1) is 23.4. The molecule has 0 aliphatic carbocycles. The van der Waals surface area contributed by atoms with E-state index in [9.17, 15) is 45.5 Å². The highest BCUT2D eigenvalue weighted by Gasteiger charge is 2.40. The smallest absolute Gasteiger partial charge is 0.408 e. The quantitative estimate of drug-likeness (QED) is 0.434. The monoisotopic (exact) mass is 456 g/mol. The van der Waals surface area contributed by atoms with Crippen LogP contribution < -0.4 is 5.56 Å². The Bertz CT molecular complexity index is 1080. The van der Waals surface area contributed by atoms with Crippen LogP contribution in [0.4, 0.5) is 26.3 Å². The first-order chi connectivity index (χ1) is 14.1. The van der Waals surface area contributed by atoms with Crippen molar-refractivity contribution in [3.05, 3.63) is 39.3 Å². The predicted octanol–water partition coefficient (Wildman–Crippen LogP) is 1.22. The van der Waals surface area contributed by atoms with Gasteiger partial charge in [-0.25, -0.2) is 19.3 Å². The zero-order valence-corrected chi connectivity index (χ0v) is 14.8. The average molecular weight is 456 g/mol. The number of carboxylic acid groups (broad SMARTS) is 2. The Labute approximate surface area is 166 Å². The van der Waals surface area contributed by atoms with Gasteiger partial charge in [-0.1, -0.05) is 6.08 Å². The molecule has 0 radical (unpaired) electrons. The number of aromatic nitrogens is 2. The first-order valence-corrected chi connectivity index (χ1v) is 7.83. The number of nitrogens with one attached hydrogen (secondary N) is 1. The number of amides is 1. The Morgan fingerprint density at radius 3 is 2.06 bits per heavy atom. The van der Waals surface area contributed by atoms with Crippen LogP contribution in [0.2, 0.25) is 0 Å². The highest BCUT2D eigenvalue weighted by molar-refractivity contribution is 6.50. The summed E-state index contributed by atoms with van der Waals surface area (Å²) in [5.41, 5.74) is -4.99. The van der Waals surface area contributed by atoms with Crippen LogP contribution in [0.1, 0.15) is 16.1 Å². The molecule has 2 rings (SSSR count). The van der Waals surface area contributed by atoms with Crippen molar-refractivity contribution in [2.75, 3.05) is 6.54 Å². The third-order valence-electron chi connectivity index (χ3n) is 3.54. The van der Waals surface area contributed by atoms with Gasteiger partial charge in [0.15, 0.2) is 11.4 Å². The van der Waals surface area contributed by atoms with Gasteiger partial charge in [0.05, 0.1) is 11.1 Å². The molecule has 1 aliphatic rings. The number of allylic oxidation sites excluding steroid dienone is 2. The van der Waals surface area contributed by atoms with Crippen LogP contribution >= 0.6 is 0 Å². The van der Waals surface area contributed by atoms with Crippen LogP contribution in [-0.4, -0.2) is 67.5 Å². The van der Waals surface area contributed by atoms with Crippen molar-refractivity contribution >= 4 is 29.6 Å². The van der Waals surface area contributed by atoms with Gasteiger partial charge < -0.3 is 10.2 Å². The molecule has 0 unspecified atom stereocenters. The molecule has 1 aromatic rings. The number of hydrogen-bond acceptors (Lipinski definition) is 5. The predicted molar refractivity (Wildman–Crippen MR) is 88.0 cm³/mol. The number of carbonyl (C=O) groups is 3. The van der Waals surface area contributed by atoms with Crippen LogP contribution in [0.5, 0.6) is 0 Å². The number of aromatic carboxylic acids is 1. The number of halogens is 6. The number of carbonyl (C=O) groups excluding carboxylic acids is 1. The number of nitrogens with zero attached hydrogens (tertiary/aromatic N) is 3. The second-order valence-electron chi connectivity index (χ2n) is 5.88. The molecule has 0 saturated heterocycles. The molecular formula is C15H10F6N4O6. The summed E-state index contributed by atoms with van der Waals surface area (Å²) >= 11 is 0. The maximum atomic E-state index is 12.5. The number of aromatic amines is 1. The van der Waals surface area contributed by atoms with E-state index in [-0.39, 0.29) is 9.69 Å². The van der Waals surface area contributed by atoms with Crippen molar-refractivity contribution in [2.24, 2.45) is 5.10 Å². The molecule has 2 heterocycles. The normalized spacial score (nSPS) is 16.5. The van der Waals surface area contributed by atoms with E-state index in [1.54, 1.807) is 5.10 Å². The van der Waals surface area contributed by atoms with E-state index in [4.69, 9.17) is 10.2 Å². The fourth-order valence-corrected chi connectivity index (χ4v) is 2.39. The van der Waals surface area contributed by atoms with Gasteiger partial charge in [0.2, 0.25) is 0 Å². The number of hydrazone groups is 1. The second-order valence-corrected chi connectivity index (χ2v) is 5.88. The topological polar surface area (TPSA) is 145 Å². The second kappa shape index (κ2) is 8.11. The standard InChI is InChI=1S/C15H10F6N4O6/c16-14(17,18)4-24-10(26)6(8(22-24)12(28)29)2-1-3-7-9(13(30)31)23-25(11(7)27)5-15(19,20)21/h1-3,22H,4-5H2,(H,28,29)(H,30,31)/b2-1+,7-3-. The lowest BCUT2D eigenvalue weighted by molar-refractivity contribution is -0.157. The maximum absolute atomic E-state index is 12.5. The number of hydrogen-bond donors (Lipinski definition) is 3. The Morgan fingerprint density at radius 2 is 1.58 bits per heavy atom. The average Bonchev–Trinajstić information content (AvgIpc) is 3.05. The third-order valence-corrected chi connectivity index (χ3v) is 3.54. The third kappa shape index (κ3) is 5.61. The Hall–Kier alpha value is -3.85. The van der Waals surface area contributed by atoms with E-state index in [0.717, 1.165) is 6.08 Å². The fraction of sp³-hybridized carbons (Fsp3) is 0.267. The van der Waals surface area contributed by atoms with Crippen molar-refractivity contribution in [1.82, 2.24) is 14.8 Å². The summed E-state index contributed by atoms with van der Waals surface area (Å²) in [7, 11) is 0. The molecule has 1 amide bonds. The van der Waals surface area contributed by atoms with E-state index < -0.39 is 71.4 Å². The lowest BCUT2D eigenvalue weighted by atomic mass is 10.1. The zero-order chi connectivity index (χ0) is 23.7. The zero-order valence-electron chi connectivity index (χ0n) is 14.8. The molecule has 10 nitrogen and oxygen atoms in total. The minimum Gasteiger partial charge on any atom is -0.477 e. The summed E-state index contributed by atoms with van der Waals surface area (Å²) in [6.45, 7) is -3.71. The number of aliphatic carboxylic acids is 1. The summed E-state index contributed by atoms with van der Waals surface area (Å²) in [5, 5.41) is 22.7. The minimum absolute atomic E-state index is 0.0355. The van der Waals surface area contributed by atoms with Gasteiger partial charge >= 0.3 is 24.3 Å². The van der Waals surface area contributed by atoms with Crippen molar-refractivity contribution in [3.8, 4) is 0 Å². The Balaban J connectivity index is 2.42. The van der Waals surface area contributed by atoms with Crippen LogP contribution in [0, 0.1) is 0 Å². The SMILES string of the molecule is O=C(O)C1=NN(CC(F)(F)F)C(=O)/C1=C\C=C\c1c(C(=O)O)[nH]n(CC(F)(F)F)c1=O. The van der Waals surface area contributed by atoms with Gasteiger partial charge in [-0.3, -0.25) is 14.7 Å². The van der Waals surface area contributed by atoms with Crippen molar-refractivity contribution in [1.29, 1.82) is 0 Å². The van der Waals surface area contributed by atoms with Gasteiger partial charge in [-0.15, -0.1) is 0 Å². The molecule has 0 saturated carbocycles. The van der Waals surface area contributed by atoms with Gasteiger partial charge in [0.25, 0.3) is 11.5 Å². The summed E-state index contributed by atoms with van der Waals surface area (Å²) in [6, 6.07) is 0. The number of alkyl halides is 6. The van der Waals surface area contributed by atoms with Crippen molar-refractivity contribution < 1.29 is 50.9 Å². The summed E-state index contributed by atoms with van der Waals surface area (Å²) in [6.07, 6.45) is -7.74. The molecule has 0 atom stereocenters. The first-order valence-electron chi connectivity index (χ1n) is 7.83. The van der Waals surface area contributed by atoms with E-state index in [1.807, 2.05) is 0 Å². The molecule has 0 bridgehead atoms. The minimum atomic E-state index is -4.89. The molecule has 31 heavy (non-hydrogen) atoms. The van der Waals surface area contributed by atoms with Crippen LogP contribution in [0.25, 0.3) is 6.08 Å². The van der Waals surface area contributed by atoms with E-state index in [2.05, 4.69) is 5.10 Å². The van der Waals surface area contributed by atoms with Crippen LogP contribution in [0.15, 0.2) is 27.6 Å². The largest absolute Gasteiger partial charge is 0.477 e. The molecule has 0 aromatic carbocycles. The van der Waals surface area contributed by atoms with Gasteiger partial charge in [0, 0.05) is 0 Å². The summed E-state index contributed by atoms with van der Waals surface area (Å²) in [5.74, 6) is -5.09. The van der Waals surface area contributed by atoms with E-state index in [0.29, 0.717) is 12.2 Å². The van der Waals surface area contributed by atoms with E-state index >= 15 is 0 Å². The van der Waals surface area contributed by atoms with Gasteiger partial charge in [0.1, 0.15) is 13.1 Å². The lowest BCUT2D eigenvalue weighted by Gasteiger charge is -2.13. The number of H-pyrrole nitrogens is 1. The summed E-state index contributed by atoms with van der Waals surface area (Å²) in [4.78, 5) is 46.3. The lowest BCUT2D eigenvalue weighted by Crippen LogP contribution is -2.32. The highest BCUT2D eigenvalue weighted by atomic mass is 19.4.